The third kappa shape index (κ3) is 1.12. The fraction of sp³-hybridized carbons (Fsp3) is 0.900. The van der Waals surface area contributed by atoms with Gasteiger partial charge in [0.05, 0.1) is 0 Å². The fourth-order valence-corrected chi connectivity index (χ4v) is 3.99. The molecule has 0 amide bonds. The van der Waals surface area contributed by atoms with Gasteiger partial charge in [-0.15, -0.1) is 0 Å². The van der Waals surface area contributed by atoms with E-state index in [0.29, 0.717) is 10.7 Å². The number of carbonyl (C=O) groups is 1. The second kappa shape index (κ2) is 2.50. The summed E-state index contributed by atoms with van der Waals surface area (Å²) in [5.41, 5.74) is 0.104. The van der Waals surface area contributed by atoms with Crippen LogP contribution in [0.2, 0.25) is 0 Å². The molecule has 68 valence electrons. The number of hydrogen-bond donors (Lipinski definition) is 0. The van der Waals surface area contributed by atoms with E-state index in [4.69, 9.17) is 0 Å². The topological polar surface area (TPSA) is 17.1 Å². The minimum Gasteiger partial charge on any atom is -0.303 e. The highest BCUT2D eigenvalue weighted by Crippen LogP contribution is 2.60. The fourth-order valence-electron chi connectivity index (χ4n) is 2.56. The normalized spacial score (nSPS) is 36.3. The van der Waals surface area contributed by atoms with Gasteiger partial charge < -0.3 is 4.79 Å². The van der Waals surface area contributed by atoms with Crippen LogP contribution < -0.4 is 0 Å². The maximum absolute atomic E-state index is 11.0. The van der Waals surface area contributed by atoms with Crippen LogP contribution in [0.5, 0.6) is 0 Å². The van der Waals surface area contributed by atoms with Crippen LogP contribution in [0, 0.1) is 11.3 Å². The summed E-state index contributed by atoms with van der Waals surface area (Å²) in [6, 6.07) is 0. The van der Waals surface area contributed by atoms with E-state index in [-0.39, 0.29) is 5.41 Å². The van der Waals surface area contributed by atoms with Gasteiger partial charge in [-0.3, -0.25) is 0 Å². The van der Waals surface area contributed by atoms with Gasteiger partial charge in [0, 0.05) is 10.2 Å². The van der Waals surface area contributed by atoms with Crippen LogP contribution in [0.15, 0.2) is 0 Å². The molecule has 1 unspecified atom stereocenters. The predicted molar refractivity (Wildman–Crippen MR) is 52.4 cm³/mol. The highest BCUT2D eigenvalue weighted by molar-refractivity contribution is 8.00. The summed E-state index contributed by atoms with van der Waals surface area (Å²) in [7, 11) is 0. The Morgan fingerprint density at radius 3 is 2.42 bits per heavy atom. The molecule has 2 aliphatic rings. The molecule has 0 aromatic carbocycles. The monoisotopic (exact) mass is 184 g/mol. The number of aldehydes is 1. The molecule has 1 saturated carbocycles. The Kier molecular flexibility index (Phi) is 1.80. The van der Waals surface area contributed by atoms with Crippen molar-refractivity contribution in [3.63, 3.8) is 0 Å². The first-order valence-corrected chi connectivity index (χ1v) is 5.70. The lowest BCUT2D eigenvalue weighted by molar-refractivity contribution is -0.114. The molecule has 1 aliphatic heterocycles. The van der Waals surface area contributed by atoms with Crippen LogP contribution in [-0.2, 0) is 4.79 Å². The molecular formula is C10H16OS. The lowest BCUT2D eigenvalue weighted by atomic mass is 9.79. The lowest BCUT2D eigenvalue weighted by Crippen LogP contribution is -2.31. The van der Waals surface area contributed by atoms with Gasteiger partial charge in [0.15, 0.2) is 0 Å². The maximum Gasteiger partial charge on any atom is 0.126 e. The van der Waals surface area contributed by atoms with Crippen molar-refractivity contribution in [1.82, 2.24) is 0 Å². The highest BCUT2D eigenvalue weighted by atomic mass is 32.2. The summed E-state index contributed by atoms with van der Waals surface area (Å²) >= 11 is 2.03. The number of rotatable bonds is 2. The van der Waals surface area contributed by atoms with Gasteiger partial charge in [0.2, 0.25) is 0 Å². The van der Waals surface area contributed by atoms with Gasteiger partial charge in [-0.2, -0.15) is 11.8 Å². The summed E-state index contributed by atoms with van der Waals surface area (Å²) in [5, 5.41) is 0. The van der Waals surface area contributed by atoms with Crippen LogP contribution in [0.1, 0.15) is 33.1 Å². The van der Waals surface area contributed by atoms with Crippen molar-refractivity contribution in [3.05, 3.63) is 0 Å². The zero-order valence-corrected chi connectivity index (χ0v) is 8.62. The van der Waals surface area contributed by atoms with Gasteiger partial charge in [-0.25, -0.2) is 0 Å². The van der Waals surface area contributed by atoms with Crippen molar-refractivity contribution in [1.29, 1.82) is 0 Å². The maximum atomic E-state index is 11.0. The van der Waals surface area contributed by atoms with Gasteiger partial charge in [0.1, 0.15) is 6.29 Å². The Balaban J connectivity index is 2.18. The van der Waals surface area contributed by atoms with E-state index in [9.17, 15) is 4.79 Å². The average Bonchev–Trinajstić information content (AvgIpc) is 2.72. The molecule has 0 aromatic heterocycles. The number of hydrogen-bond acceptors (Lipinski definition) is 2. The summed E-state index contributed by atoms with van der Waals surface area (Å²) < 4.78 is 0.345. The zero-order valence-electron chi connectivity index (χ0n) is 7.80. The van der Waals surface area contributed by atoms with Crippen molar-refractivity contribution in [3.8, 4) is 0 Å². The van der Waals surface area contributed by atoms with Crippen molar-refractivity contribution < 1.29 is 4.79 Å². The van der Waals surface area contributed by atoms with E-state index < -0.39 is 0 Å². The van der Waals surface area contributed by atoms with Crippen molar-refractivity contribution in [2.75, 3.05) is 5.75 Å². The van der Waals surface area contributed by atoms with Gasteiger partial charge in [0.25, 0.3) is 0 Å². The third-order valence-electron chi connectivity index (χ3n) is 3.48. The van der Waals surface area contributed by atoms with Crippen LogP contribution in [0.3, 0.4) is 0 Å². The summed E-state index contributed by atoms with van der Waals surface area (Å²) in [6.07, 6.45) is 4.76. The highest BCUT2D eigenvalue weighted by Gasteiger charge is 2.56. The molecule has 1 nitrogen and oxygen atoms in total. The first-order chi connectivity index (χ1) is 5.61. The molecule has 0 N–H and O–H groups in total. The van der Waals surface area contributed by atoms with Crippen LogP contribution in [-0.4, -0.2) is 16.8 Å². The quantitative estimate of drug-likeness (QED) is 0.613. The molecule has 0 bridgehead atoms. The predicted octanol–water partition coefficient (Wildman–Crippen LogP) is 2.50. The Labute approximate surface area is 78.3 Å². The summed E-state index contributed by atoms with van der Waals surface area (Å²) in [4.78, 5) is 11.0. The minimum absolute atomic E-state index is 0.104. The van der Waals surface area contributed by atoms with Gasteiger partial charge in [-0.05, 0) is 30.9 Å². The molecule has 0 aromatic rings. The first kappa shape index (κ1) is 8.61. The average molecular weight is 184 g/mol. The molecule has 1 heterocycles. The molecular weight excluding hydrogens is 168 g/mol. The third-order valence-corrected chi connectivity index (χ3v) is 4.94. The largest absolute Gasteiger partial charge is 0.303 e. The van der Waals surface area contributed by atoms with E-state index in [0.717, 1.165) is 12.8 Å². The molecule has 0 radical (unpaired) electrons. The Morgan fingerprint density at radius 1 is 1.42 bits per heavy atom. The lowest BCUT2D eigenvalue weighted by Gasteiger charge is -2.30. The molecule has 2 heteroatoms. The van der Waals surface area contributed by atoms with Crippen molar-refractivity contribution in [2.45, 2.75) is 37.9 Å². The van der Waals surface area contributed by atoms with Crippen molar-refractivity contribution >= 4 is 18.0 Å². The van der Waals surface area contributed by atoms with Crippen LogP contribution in [0.25, 0.3) is 0 Å². The van der Waals surface area contributed by atoms with Gasteiger partial charge >= 0.3 is 0 Å². The molecule has 1 saturated heterocycles. The number of thioether (sulfide) groups is 1. The minimum atomic E-state index is 0.104. The summed E-state index contributed by atoms with van der Waals surface area (Å²) in [6.45, 7) is 4.58. The standard InChI is InChI=1S/C10H16OS/c1-9(2)8(3-6-12-9)10(7-11)4-5-10/h7-8H,3-6H2,1-2H3. The molecule has 12 heavy (non-hydrogen) atoms. The van der Waals surface area contributed by atoms with E-state index in [2.05, 4.69) is 13.8 Å². The second-order valence-electron chi connectivity index (χ2n) is 4.64. The van der Waals surface area contributed by atoms with E-state index in [1.54, 1.807) is 0 Å². The number of carbonyl (C=O) groups excluding carboxylic acids is 1. The Hall–Kier alpha value is 0.0200. The smallest absolute Gasteiger partial charge is 0.126 e. The molecule has 0 spiro atoms. The van der Waals surface area contributed by atoms with Crippen molar-refractivity contribution in [2.24, 2.45) is 11.3 Å². The van der Waals surface area contributed by atoms with Crippen LogP contribution in [0.4, 0.5) is 0 Å². The molecule has 1 aliphatic carbocycles. The van der Waals surface area contributed by atoms with E-state index in [1.165, 1.54) is 18.5 Å². The van der Waals surface area contributed by atoms with E-state index >= 15 is 0 Å². The Bertz CT molecular complexity index is 206. The van der Waals surface area contributed by atoms with E-state index in [1.807, 2.05) is 11.8 Å². The summed E-state index contributed by atoms with van der Waals surface area (Å²) in [5.74, 6) is 1.89. The zero-order chi connectivity index (χ0) is 8.82. The van der Waals surface area contributed by atoms with Crippen LogP contribution >= 0.6 is 11.8 Å². The first-order valence-electron chi connectivity index (χ1n) is 4.71. The second-order valence-corrected chi connectivity index (χ2v) is 6.39. The molecule has 1 atom stereocenters. The molecule has 2 fully saturated rings. The van der Waals surface area contributed by atoms with Gasteiger partial charge in [-0.1, -0.05) is 13.8 Å². The SMILES string of the molecule is CC1(C)SCCC1C1(C=O)CC1. The molecule has 2 rings (SSSR count). The Morgan fingerprint density at radius 2 is 2.08 bits per heavy atom.